The zero-order valence-corrected chi connectivity index (χ0v) is 10.3. The third kappa shape index (κ3) is 2.24. The molecule has 1 heterocycles. The second-order valence-corrected chi connectivity index (χ2v) is 4.79. The standard InChI is InChI=1S/C14H16FNO2/c1-10-8-11(2-3-12(10)15)13(17)14(9-16)4-6-18-7-5-14/h2-3,8,13,17H,4-7H2,1H3. The van der Waals surface area contributed by atoms with Crippen molar-refractivity contribution in [2.45, 2.75) is 25.9 Å². The van der Waals surface area contributed by atoms with Crippen LogP contribution in [0.15, 0.2) is 18.2 Å². The molecule has 0 spiro atoms. The minimum Gasteiger partial charge on any atom is -0.387 e. The van der Waals surface area contributed by atoms with Crippen LogP contribution in [0.2, 0.25) is 0 Å². The van der Waals surface area contributed by atoms with Crippen LogP contribution in [-0.2, 0) is 4.74 Å². The van der Waals surface area contributed by atoms with Crippen molar-refractivity contribution in [3.8, 4) is 6.07 Å². The van der Waals surface area contributed by atoms with Gasteiger partial charge in [0.1, 0.15) is 5.82 Å². The Morgan fingerprint density at radius 2 is 2.11 bits per heavy atom. The highest BCUT2D eigenvalue weighted by Crippen LogP contribution is 2.42. The number of halogens is 1. The van der Waals surface area contributed by atoms with Crippen LogP contribution in [0.1, 0.15) is 30.1 Å². The summed E-state index contributed by atoms with van der Waals surface area (Å²) in [5, 5.41) is 19.8. The molecule has 1 aromatic rings. The van der Waals surface area contributed by atoms with E-state index in [-0.39, 0.29) is 5.82 Å². The Hall–Kier alpha value is -1.44. The first-order chi connectivity index (χ1) is 8.59. The third-order valence-electron chi connectivity index (χ3n) is 3.63. The van der Waals surface area contributed by atoms with Crippen LogP contribution in [0.5, 0.6) is 0 Å². The lowest BCUT2D eigenvalue weighted by molar-refractivity contribution is -0.0310. The molecule has 3 nitrogen and oxygen atoms in total. The van der Waals surface area contributed by atoms with Crippen LogP contribution in [0, 0.1) is 29.5 Å². The lowest BCUT2D eigenvalue weighted by Crippen LogP contribution is -2.34. The Balaban J connectivity index is 2.31. The molecule has 0 saturated carbocycles. The van der Waals surface area contributed by atoms with Gasteiger partial charge in [-0.05, 0) is 37.0 Å². The summed E-state index contributed by atoms with van der Waals surface area (Å²) < 4.78 is 18.4. The number of rotatable bonds is 2. The monoisotopic (exact) mass is 249 g/mol. The Morgan fingerprint density at radius 3 is 2.67 bits per heavy atom. The molecule has 1 saturated heterocycles. The summed E-state index contributed by atoms with van der Waals surface area (Å²) in [7, 11) is 0. The Morgan fingerprint density at radius 1 is 1.44 bits per heavy atom. The zero-order valence-electron chi connectivity index (χ0n) is 10.3. The molecule has 1 aromatic carbocycles. The van der Waals surface area contributed by atoms with Crippen LogP contribution in [-0.4, -0.2) is 18.3 Å². The van der Waals surface area contributed by atoms with Crippen molar-refractivity contribution in [3.63, 3.8) is 0 Å². The van der Waals surface area contributed by atoms with Gasteiger partial charge < -0.3 is 9.84 Å². The summed E-state index contributed by atoms with van der Waals surface area (Å²) >= 11 is 0. The van der Waals surface area contributed by atoms with Crippen LogP contribution in [0.3, 0.4) is 0 Å². The molecular formula is C14H16FNO2. The molecule has 0 radical (unpaired) electrons. The largest absolute Gasteiger partial charge is 0.387 e. The quantitative estimate of drug-likeness (QED) is 0.876. The van der Waals surface area contributed by atoms with Crippen LogP contribution in [0.4, 0.5) is 4.39 Å². The minimum atomic E-state index is -0.898. The summed E-state index contributed by atoms with van der Waals surface area (Å²) in [5.41, 5.74) is 0.256. The van der Waals surface area contributed by atoms with Gasteiger partial charge >= 0.3 is 0 Å². The first-order valence-corrected chi connectivity index (χ1v) is 6.02. The first-order valence-electron chi connectivity index (χ1n) is 6.02. The highest BCUT2D eigenvalue weighted by molar-refractivity contribution is 5.28. The van der Waals surface area contributed by atoms with Crippen molar-refractivity contribution in [1.82, 2.24) is 0 Å². The van der Waals surface area contributed by atoms with E-state index in [0.717, 1.165) is 0 Å². The Kier molecular flexibility index (Phi) is 3.65. The highest BCUT2D eigenvalue weighted by Gasteiger charge is 2.40. The average molecular weight is 249 g/mol. The smallest absolute Gasteiger partial charge is 0.126 e. The van der Waals surface area contributed by atoms with Crippen molar-refractivity contribution in [2.24, 2.45) is 5.41 Å². The number of nitriles is 1. The zero-order chi connectivity index (χ0) is 13.2. The molecule has 0 bridgehead atoms. The van der Waals surface area contributed by atoms with E-state index >= 15 is 0 Å². The van der Waals surface area contributed by atoms with E-state index in [2.05, 4.69) is 6.07 Å². The van der Waals surface area contributed by atoms with Crippen LogP contribution < -0.4 is 0 Å². The van der Waals surface area contributed by atoms with Gasteiger partial charge in [0.05, 0.1) is 17.6 Å². The Bertz CT molecular complexity index is 475. The summed E-state index contributed by atoms with van der Waals surface area (Å²) in [6.07, 6.45) is 0.105. The number of nitrogens with zero attached hydrogens (tertiary/aromatic N) is 1. The van der Waals surface area contributed by atoms with Crippen LogP contribution in [0.25, 0.3) is 0 Å². The predicted molar refractivity (Wildman–Crippen MR) is 64.2 cm³/mol. The van der Waals surface area contributed by atoms with E-state index in [9.17, 15) is 14.8 Å². The van der Waals surface area contributed by atoms with Gasteiger partial charge in [-0.1, -0.05) is 12.1 Å². The molecule has 4 heteroatoms. The molecule has 0 aromatic heterocycles. The number of aryl methyl sites for hydroxylation is 1. The van der Waals surface area contributed by atoms with Gasteiger partial charge in [-0.25, -0.2) is 4.39 Å². The van der Waals surface area contributed by atoms with E-state index in [1.807, 2.05) is 0 Å². The highest BCUT2D eigenvalue weighted by atomic mass is 19.1. The minimum absolute atomic E-state index is 0.302. The Labute approximate surface area is 106 Å². The first kappa shape index (κ1) is 13.0. The SMILES string of the molecule is Cc1cc(C(O)C2(C#N)CCOCC2)ccc1F. The van der Waals surface area contributed by atoms with Gasteiger partial charge in [-0.15, -0.1) is 0 Å². The number of aliphatic hydroxyl groups excluding tert-OH is 1. The lowest BCUT2D eigenvalue weighted by Gasteiger charge is -2.35. The molecule has 0 aliphatic carbocycles. The summed E-state index contributed by atoms with van der Waals surface area (Å²) in [5.74, 6) is -0.302. The number of benzene rings is 1. The molecule has 18 heavy (non-hydrogen) atoms. The fourth-order valence-corrected chi connectivity index (χ4v) is 2.34. The summed E-state index contributed by atoms with van der Waals surface area (Å²) in [6.45, 7) is 2.60. The molecule has 1 aliphatic heterocycles. The van der Waals surface area contributed by atoms with Gasteiger partial charge in [-0.2, -0.15) is 5.26 Å². The van der Waals surface area contributed by atoms with Gasteiger partial charge in [0.25, 0.3) is 0 Å². The maximum Gasteiger partial charge on any atom is 0.126 e. The van der Waals surface area contributed by atoms with Crippen molar-refractivity contribution < 1.29 is 14.2 Å². The topological polar surface area (TPSA) is 53.2 Å². The second kappa shape index (κ2) is 5.05. The van der Waals surface area contributed by atoms with Crippen molar-refractivity contribution in [3.05, 3.63) is 35.1 Å². The number of aliphatic hydroxyl groups is 1. The average Bonchev–Trinajstić information content (AvgIpc) is 2.42. The second-order valence-electron chi connectivity index (χ2n) is 4.79. The lowest BCUT2D eigenvalue weighted by atomic mass is 9.74. The molecule has 1 aliphatic rings. The maximum atomic E-state index is 13.2. The van der Waals surface area contributed by atoms with E-state index in [1.165, 1.54) is 6.07 Å². The molecular weight excluding hydrogens is 233 g/mol. The van der Waals surface area contributed by atoms with Crippen molar-refractivity contribution >= 4 is 0 Å². The fourth-order valence-electron chi connectivity index (χ4n) is 2.34. The van der Waals surface area contributed by atoms with Crippen LogP contribution >= 0.6 is 0 Å². The van der Waals surface area contributed by atoms with E-state index in [1.54, 1.807) is 19.1 Å². The summed E-state index contributed by atoms with van der Waals surface area (Å²) in [4.78, 5) is 0. The number of hydrogen-bond donors (Lipinski definition) is 1. The van der Waals surface area contributed by atoms with Gasteiger partial charge in [0.2, 0.25) is 0 Å². The van der Waals surface area contributed by atoms with Gasteiger partial charge in [0.15, 0.2) is 0 Å². The molecule has 1 unspecified atom stereocenters. The van der Waals surface area contributed by atoms with Crippen molar-refractivity contribution in [2.75, 3.05) is 13.2 Å². The maximum absolute atomic E-state index is 13.2. The van der Waals surface area contributed by atoms with Crippen molar-refractivity contribution in [1.29, 1.82) is 5.26 Å². The molecule has 96 valence electrons. The third-order valence-corrected chi connectivity index (χ3v) is 3.63. The van der Waals surface area contributed by atoms with E-state index in [4.69, 9.17) is 4.74 Å². The molecule has 1 fully saturated rings. The molecule has 2 rings (SSSR count). The van der Waals surface area contributed by atoms with Gasteiger partial charge in [0, 0.05) is 13.2 Å². The normalized spacial score (nSPS) is 20.1. The van der Waals surface area contributed by atoms with Gasteiger partial charge in [-0.3, -0.25) is 0 Å². The molecule has 0 amide bonds. The predicted octanol–water partition coefficient (Wildman–Crippen LogP) is 2.49. The van der Waals surface area contributed by atoms with E-state index in [0.29, 0.717) is 37.2 Å². The number of hydrogen-bond acceptors (Lipinski definition) is 3. The fraction of sp³-hybridized carbons (Fsp3) is 0.500. The van der Waals surface area contributed by atoms with E-state index < -0.39 is 11.5 Å². The summed E-state index contributed by atoms with van der Waals surface area (Å²) in [6, 6.07) is 6.71. The molecule has 1 N–H and O–H groups in total. The number of ether oxygens (including phenoxy) is 1. The molecule has 1 atom stereocenters.